The van der Waals surface area contributed by atoms with E-state index in [1.807, 2.05) is 0 Å². The minimum atomic E-state index is -1.57. The third kappa shape index (κ3) is 1.73. The first-order chi connectivity index (χ1) is 7.49. The molecule has 1 heterocycles. The van der Waals surface area contributed by atoms with Gasteiger partial charge in [-0.3, -0.25) is 4.79 Å². The monoisotopic (exact) mass is 246 g/mol. The van der Waals surface area contributed by atoms with Gasteiger partial charge in [-0.2, -0.15) is 0 Å². The van der Waals surface area contributed by atoms with Gasteiger partial charge < -0.3 is 10.6 Å². The van der Waals surface area contributed by atoms with E-state index in [0.717, 1.165) is 12.1 Å². The zero-order valence-corrected chi connectivity index (χ0v) is 8.50. The van der Waals surface area contributed by atoms with Crippen LogP contribution in [0, 0.1) is 17.5 Å². The standard InChI is InChI=1S/C9H5F3N2OS/c10-4-1-3(2-5(11)6(4)12)7-8(15)14-9(16)13-7/h1-2,7H,(H2,13,14,15,16). The molecule has 1 saturated heterocycles. The number of amides is 1. The van der Waals surface area contributed by atoms with E-state index >= 15 is 0 Å². The van der Waals surface area contributed by atoms with Crippen LogP contribution in [0.3, 0.4) is 0 Å². The van der Waals surface area contributed by atoms with Gasteiger partial charge in [-0.1, -0.05) is 0 Å². The highest BCUT2D eigenvalue weighted by Gasteiger charge is 2.30. The smallest absolute Gasteiger partial charge is 0.253 e. The summed E-state index contributed by atoms with van der Waals surface area (Å²) in [6, 6.07) is 0.518. The van der Waals surface area contributed by atoms with Crippen molar-refractivity contribution >= 4 is 23.2 Å². The van der Waals surface area contributed by atoms with E-state index in [1.54, 1.807) is 0 Å². The van der Waals surface area contributed by atoms with E-state index in [0.29, 0.717) is 0 Å². The third-order valence-corrected chi connectivity index (χ3v) is 2.33. The minimum absolute atomic E-state index is 0.0197. The first-order valence-electron chi connectivity index (χ1n) is 4.25. The lowest BCUT2D eigenvalue weighted by atomic mass is 10.1. The Hall–Kier alpha value is -1.63. The topological polar surface area (TPSA) is 41.1 Å². The first kappa shape index (κ1) is 10.9. The van der Waals surface area contributed by atoms with Crippen LogP contribution in [0.5, 0.6) is 0 Å². The second kappa shape index (κ2) is 3.75. The summed E-state index contributed by atoms with van der Waals surface area (Å²) in [5, 5.41) is 4.84. The number of carbonyl (C=O) groups excluding carboxylic acids is 1. The molecule has 84 valence electrons. The average molecular weight is 246 g/mol. The fourth-order valence-electron chi connectivity index (χ4n) is 1.39. The Morgan fingerprint density at radius 3 is 2.19 bits per heavy atom. The maximum absolute atomic E-state index is 12.9. The van der Waals surface area contributed by atoms with Crippen LogP contribution in [0.2, 0.25) is 0 Å². The lowest BCUT2D eigenvalue weighted by molar-refractivity contribution is -0.120. The molecule has 1 aliphatic heterocycles. The summed E-state index contributed by atoms with van der Waals surface area (Å²) < 4.78 is 38.5. The molecule has 1 fully saturated rings. The summed E-state index contributed by atoms with van der Waals surface area (Å²) in [6.07, 6.45) is 0. The van der Waals surface area contributed by atoms with E-state index in [2.05, 4.69) is 22.9 Å². The summed E-state index contributed by atoms with van der Waals surface area (Å²) in [6.45, 7) is 0. The second-order valence-electron chi connectivity index (χ2n) is 3.19. The van der Waals surface area contributed by atoms with Crippen LogP contribution in [-0.2, 0) is 4.79 Å². The van der Waals surface area contributed by atoms with Gasteiger partial charge in [0.1, 0.15) is 6.04 Å². The number of rotatable bonds is 1. The van der Waals surface area contributed by atoms with Crippen LogP contribution in [0.4, 0.5) is 13.2 Å². The fourth-order valence-corrected chi connectivity index (χ4v) is 1.61. The average Bonchev–Trinajstić information content (AvgIpc) is 2.53. The van der Waals surface area contributed by atoms with Crippen LogP contribution in [-0.4, -0.2) is 11.0 Å². The normalized spacial score (nSPS) is 19.6. The predicted octanol–water partition coefficient (Wildman–Crippen LogP) is 1.15. The van der Waals surface area contributed by atoms with E-state index < -0.39 is 29.4 Å². The summed E-state index contributed by atoms with van der Waals surface area (Å²) >= 11 is 4.66. The van der Waals surface area contributed by atoms with Crippen molar-refractivity contribution in [3.8, 4) is 0 Å². The third-order valence-electron chi connectivity index (χ3n) is 2.11. The molecule has 1 aromatic rings. The molecule has 0 spiro atoms. The molecule has 0 saturated carbocycles. The number of hydrogen-bond donors (Lipinski definition) is 2. The Kier molecular flexibility index (Phi) is 2.55. The molecular formula is C9H5F3N2OS. The lowest BCUT2D eigenvalue weighted by Gasteiger charge is -2.08. The highest BCUT2D eigenvalue weighted by Crippen LogP contribution is 2.21. The quantitative estimate of drug-likeness (QED) is 0.577. The van der Waals surface area contributed by atoms with Gasteiger partial charge in [0.15, 0.2) is 22.6 Å². The molecule has 0 aliphatic carbocycles. The van der Waals surface area contributed by atoms with Crippen molar-refractivity contribution in [2.75, 3.05) is 0 Å². The highest BCUT2D eigenvalue weighted by molar-refractivity contribution is 7.80. The molecule has 0 radical (unpaired) electrons. The molecule has 7 heteroatoms. The van der Waals surface area contributed by atoms with Crippen LogP contribution in [0.15, 0.2) is 12.1 Å². The first-order valence-corrected chi connectivity index (χ1v) is 4.65. The SMILES string of the molecule is O=C1NC(=S)NC1c1cc(F)c(F)c(F)c1. The number of carbonyl (C=O) groups is 1. The molecule has 1 aliphatic rings. The molecule has 1 amide bonds. The van der Waals surface area contributed by atoms with Crippen LogP contribution >= 0.6 is 12.2 Å². The van der Waals surface area contributed by atoms with Crippen molar-refractivity contribution in [2.45, 2.75) is 6.04 Å². The maximum Gasteiger partial charge on any atom is 0.253 e. The van der Waals surface area contributed by atoms with E-state index in [9.17, 15) is 18.0 Å². The minimum Gasteiger partial charge on any atom is -0.347 e. The van der Waals surface area contributed by atoms with Crippen molar-refractivity contribution in [1.29, 1.82) is 0 Å². The fraction of sp³-hybridized carbons (Fsp3) is 0.111. The zero-order valence-electron chi connectivity index (χ0n) is 7.68. The Balaban J connectivity index is 2.42. The second-order valence-corrected chi connectivity index (χ2v) is 3.60. The van der Waals surface area contributed by atoms with Gasteiger partial charge in [-0.25, -0.2) is 13.2 Å². The number of halogens is 3. The molecular weight excluding hydrogens is 241 g/mol. The van der Waals surface area contributed by atoms with Crippen molar-refractivity contribution < 1.29 is 18.0 Å². The highest BCUT2D eigenvalue weighted by atomic mass is 32.1. The molecule has 0 aromatic heterocycles. The van der Waals surface area contributed by atoms with Crippen LogP contribution < -0.4 is 10.6 Å². The number of hydrogen-bond acceptors (Lipinski definition) is 2. The lowest BCUT2D eigenvalue weighted by Crippen LogP contribution is -2.21. The predicted molar refractivity (Wildman–Crippen MR) is 52.9 cm³/mol. The summed E-state index contributed by atoms with van der Waals surface area (Å²) in [7, 11) is 0. The zero-order chi connectivity index (χ0) is 11.9. The molecule has 16 heavy (non-hydrogen) atoms. The maximum atomic E-state index is 12.9. The van der Waals surface area contributed by atoms with Gasteiger partial charge in [0, 0.05) is 0 Å². The largest absolute Gasteiger partial charge is 0.347 e. The Labute approximate surface area is 93.6 Å². The molecule has 2 rings (SSSR count). The molecule has 2 N–H and O–H groups in total. The molecule has 1 atom stereocenters. The van der Waals surface area contributed by atoms with Gasteiger partial charge in [0.05, 0.1) is 0 Å². The van der Waals surface area contributed by atoms with Crippen molar-refractivity contribution in [1.82, 2.24) is 10.6 Å². The van der Waals surface area contributed by atoms with Crippen LogP contribution in [0.25, 0.3) is 0 Å². The summed E-state index contributed by atoms with van der Waals surface area (Å²) in [5.41, 5.74) is -0.0197. The van der Waals surface area contributed by atoms with Gasteiger partial charge in [0.2, 0.25) is 0 Å². The summed E-state index contributed by atoms with van der Waals surface area (Å²) in [4.78, 5) is 11.3. The Morgan fingerprint density at radius 2 is 1.75 bits per heavy atom. The van der Waals surface area contributed by atoms with Gasteiger partial charge in [-0.15, -0.1) is 0 Å². The van der Waals surface area contributed by atoms with Crippen molar-refractivity contribution in [2.24, 2.45) is 0 Å². The number of nitrogens with one attached hydrogen (secondary N) is 2. The van der Waals surface area contributed by atoms with Gasteiger partial charge >= 0.3 is 0 Å². The van der Waals surface area contributed by atoms with Crippen molar-refractivity contribution in [3.63, 3.8) is 0 Å². The molecule has 0 bridgehead atoms. The Morgan fingerprint density at radius 1 is 1.19 bits per heavy atom. The number of benzene rings is 1. The van der Waals surface area contributed by atoms with Crippen LogP contribution in [0.1, 0.15) is 11.6 Å². The van der Waals surface area contributed by atoms with E-state index in [-0.39, 0.29) is 10.7 Å². The van der Waals surface area contributed by atoms with Crippen molar-refractivity contribution in [3.05, 3.63) is 35.1 Å². The number of thiocarbonyl (C=S) groups is 1. The van der Waals surface area contributed by atoms with E-state index in [4.69, 9.17) is 0 Å². The van der Waals surface area contributed by atoms with Gasteiger partial charge in [0.25, 0.3) is 5.91 Å². The molecule has 3 nitrogen and oxygen atoms in total. The molecule has 1 unspecified atom stereocenters. The van der Waals surface area contributed by atoms with Gasteiger partial charge in [-0.05, 0) is 29.9 Å². The molecule has 1 aromatic carbocycles. The van der Waals surface area contributed by atoms with E-state index in [1.165, 1.54) is 0 Å². The summed E-state index contributed by atoms with van der Waals surface area (Å²) in [5.74, 6) is -4.79. The Bertz CT molecular complexity index is 469.